The van der Waals surface area contributed by atoms with Gasteiger partial charge < -0.3 is 9.80 Å². The molecule has 1 aromatic carbocycles. The summed E-state index contributed by atoms with van der Waals surface area (Å²) in [5, 5.41) is 0. The number of alkyl halides is 1. The molecule has 0 aromatic heterocycles. The van der Waals surface area contributed by atoms with E-state index in [9.17, 15) is 9.59 Å². The Kier molecular flexibility index (Phi) is 5.23. The van der Waals surface area contributed by atoms with Crippen LogP contribution in [-0.2, 0) is 10.7 Å². The summed E-state index contributed by atoms with van der Waals surface area (Å²) in [5.74, 6) is 0.640. The highest BCUT2D eigenvalue weighted by atomic mass is 35.5. The van der Waals surface area contributed by atoms with Crippen LogP contribution in [0.1, 0.15) is 29.8 Å². The zero-order valence-corrected chi connectivity index (χ0v) is 13.3. The number of rotatable bonds is 3. The van der Waals surface area contributed by atoms with Crippen molar-refractivity contribution in [2.75, 3.05) is 26.2 Å². The summed E-state index contributed by atoms with van der Waals surface area (Å²) >= 11 is 5.75. The van der Waals surface area contributed by atoms with Crippen molar-refractivity contribution in [2.24, 2.45) is 5.92 Å². The summed E-state index contributed by atoms with van der Waals surface area (Å²) in [7, 11) is 0. The van der Waals surface area contributed by atoms with Gasteiger partial charge in [-0.05, 0) is 17.7 Å². The number of nitrogens with zero attached hydrogens (tertiary/aromatic N) is 2. The fourth-order valence-electron chi connectivity index (χ4n) is 2.41. The van der Waals surface area contributed by atoms with Gasteiger partial charge in [-0.25, -0.2) is 0 Å². The molecule has 0 radical (unpaired) electrons. The minimum atomic E-state index is 0.00958. The van der Waals surface area contributed by atoms with Gasteiger partial charge in [-0.1, -0.05) is 26.0 Å². The number of carbonyl (C=O) groups is 2. The van der Waals surface area contributed by atoms with Crippen molar-refractivity contribution >= 4 is 23.4 Å². The van der Waals surface area contributed by atoms with E-state index in [-0.39, 0.29) is 17.7 Å². The lowest BCUT2D eigenvalue weighted by Gasteiger charge is -2.35. The molecule has 2 amide bonds. The molecular formula is C16H21ClN2O2. The van der Waals surface area contributed by atoms with E-state index in [1.165, 1.54) is 0 Å². The zero-order chi connectivity index (χ0) is 15.4. The van der Waals surface area contributed by atoms with Gasteiger partial charge in [0.2, 0.25) is 5.91 Å². The second kappa shape index (κ2) is 6.94. The lowest BCUT2D eigenvalue weighted by atomic mass is 10.1. The van der Waals surface area contributed by atoms with Crippen LogP contribution in [0.3, 0.4) is 0 Å². The number of piperazine rings is 1. The van der Waals surface area contributed by atoms with Crippen LogP contribution in [0.25, 0.3) is 0 Å². The minimum absolute atomic E-state index is 0.00958. The maximum atomic E-state index is 12.4. The normalized spacial score (nSPS) is 15.4. The molecular weight excluding hydrogens is 288 g/mol. The number of carbonyl (C=O) groups excluding carboxylic acids is 2. The van der Waals surface area contributed by atoms with Crippen molar-refractivity contribution in [1.82, 2.24) is 9.80 Å². The smallest absolute Gasteiger partial charge is 0.253 e. The maximum absolute atomic E-state index is 12.4. The average molecular weight is 309 g/mol. The van der Waals surface area contributed by atoms with Crippen LogP contribution in [0.5, 0.6) is 0 Å². The van der Waals surface area contributed by atoms with E-state index in [0.29, 0.717) is 37.6 Å². The molecule has 5 heteroatoms. The van der Waals surface area contributed by atoms with Crippen LogP contribution in [0.2, 0.25) is 0 Å². The molecule has 0 bridgehead atoms. The SMILES string of the molecule is CC(C)C(=O)N1CCN(C(=O)c2ccc(CCl)cc2)CC1. The first-order valence-corrected chi connectivity index (χ1v) is 7.79. The largest absolute Gasteiger partial charge is 0.339 e. The number of hydrogen-bond donors (Lipinski definition) is 0. The molecule has 0 unspecified atom stereocenters. The Morgan fingerprint density at radius 2 is 1.57 bits per heavy atom. The Balaban J connectivity index is 1.95. The number of hydrogen-bond acceptors (Lipinski definition) is 2. The van der Waals surface area contributed by atoms with E-state index in [0.717, 1.165) is 5.56 Å². The van der Waals surface area contributed by atoms with Crippen LogP contribution in [0.4, 0.5) is 0 Å². The van der Waals surface area contributed by atoms with E-state index in [1.54, 1.807) is 4.90 Å². The molecule has 0 aliphatic carbocycles. The summed E-state index contributed by atoms with van der Waals surface area (Å²) in [6, 6.07) is 7.37. The van der Waals surface area contributed by atoms with Crippen molar-refractivity contribution in [1.29, 1.82) is 0 Å². The Morgan fingerprint density at radius 3 is 2.05 bits per heavy atom. The molecule has 114 valence electrons. The fraction of sp³-hybridized carbons (Fsp3) is 0.500. The predicted molar refractivity (Wildman–Crippen MR) is 83.3 cm³/mol. The molecule has 4 nitrogen and oxygen atoms in total. The van der Waals surface area contributed by atoms with Gasteiger partial charge in [0.1, 0.15) is 0 Å². The highest BCUT2D eigenvalue weighted by Gasteiger charge is 2.25. The van der Waals surface area contributed by atoms with Crippen molar-refractivity contribution < 1.29 is 9.59 Å². The topological polar surface area (TPSA) is 40.6 Å². The predicted octanol–water partition coefficient (Wildman–Crippen LogP) is 2.37. The van der Waals surface area contributed by atoms with Gasteiger partial charge in [-0.3, -0.25) is 9.59 Å². The summed E-state index contributed by atoms with van der Waals surface area (Å²) in [6.07, 6.45) is 0. The standard InChI is InChI=1S/C16H21ClN2O2/c1-12(2)15(20)18-7-9-19(10-8-18)16(21)14-5-3-13(11-17)4-6-14/h3-6,12H,7-11H2,1-2H3. The lowest BCUT2D eigenvalue weighted by Crippen LogP contribution is -2.51. The maximum Gasteiger partial charge on any atom is 0.253 e. The first-order valence-electron chi connectivity index (χ1n) is 7.26. The molecule has 2 rings (SSSR count). The molecule has 21 heavy (non-hydrogen) atoms. The van der Waals surface area contributed by atoms with Crippen molar-refractivity contribution in [2.45, 2.75) is 19.7 Å². The molecule has 0 saturated carbocycles. The molecule has 0 N–H and O–H groups in total. The summed E-state index contributed by atoms with van der Waals surface area (Å²) < 4.78 is 0. The Hall–Kier alpha value is -1.55. The van der Waals surface area contributed by atoms with Gasteiger partial charge in [0.15, 0.2) is 0 Å². The monoisotopic (exact) mass is 308 g/mol. The van der Waals surface area contributed by atoms with Crippen LogP contribution in [0.15, 0.2) is 24.3 Å². The van der Waals surface area contributed by atoms with Crippen LogP contribution < -0.4 is 0 Å². The lowest BCUT2D eigenvalue weighted by molar-refractivity contribution is -0.135. The van der Waals surface area contributed by atoms with Crippen molar-refractivity contribution in [3.05, 3.63) is 35.4 Å². The fourth-order valence-corrected chi connectivity index (χ4v) is 2.59. The third-order valence-electron chi connectivity index (χ3n) is 3.73. The van der Waals surface area contributed by atoms with E-state index in [4.69, 9.17) is 11.6 Å². The van der Waals surface area contributed by atoms with Gasteiger partial charge in [0.25, 0.3) is 5.91 Å². The first-order chi connectivity index (χ1) is 10.0. The molecule has 1 aliphatic rings. The summed E-state index contributed by atoms with van der Waals surface area (Å²) in [4.78, 5) is 28.0. The second-order valence-corrected chi connectivity index (χ2v) is 5.87. The first kappa shape index (κ1) is 15.8. The number of halogens is 1. The van der Waals surface area contributed by atoms with Gasteiger partial charge >= 0.3 is 0 Å². The van der Waals surface area contributed by atoms with Crippen LogP contribution >= 0.6 is 11.6 Å². The summed E-state index contributed by atoms with van der Waals surface area (Å²) in [6.45, 7) is 6.21. The second-order valence-electron chi connectivity index (χ2n) is 5.60. The Bertz CT molecular complexity index is 506. The highest BCUT2D eigenvalue weighted by molar-refractivity contribution is 6.17. The van der Waals surface area contributed by atoms with Gasteiger partial charge in [-0.15, -0.1) is 11.6 Å². The third kappa shape index (κ3) is 3.76. The quantitative estimate of drug-likeness (QED) is 0.804. The van der Waals surface area contributed by atoms with Gasteiger partial charge in [0.05, 0.1) is 0 Å². The number of benzene rings is 1. The van der Waals surface area contributed by atoms with E-state index in [2.05, 4.69) is 0 Å². The number of amides is 2. The molecule has 1 aliphatic heterocycles. The Morgan fingerprint density at radius 1 is 1.05 bits per heavy atom. The Labute approximate surface area is 130 Å². The molecule has 0 atom stereocenters. The van der Waals surface area contributed by atoms with Crippen LogP contribution in [-0.4, -0.2) is 47.8 Å². The average Bonchev–Trinajstić information content (AvgIpc) is 2.53. The van der Waals surface area contributed by atoms with Gasteiger partial charge in [0, 0.05) is 43.5 Å². The van der Waals surface area contributed by atoms with E-state index in [1.807, 2.05) is 43.0 Å². The van der Waals surface area contributed by atoms with E-state index < -0.39 is 0 Å². The molecule has 1 saturated heterocycles. The summed E-state index contributed by atoms with van der Waals surface area (Å²) in [5.41, 5.74) is 1.67. The third-order valence-corrected chi connectivity index (χ3v) is 4.04. The highest BCUT2D eigenvalue weighted by Crippen LogP contribution is 2.13. The zero-order valence-electron chi connectivity index (χ0n) is 12.5. The van der Waals surface area contributed by atoms with Crippen LogP contribution in [0, 0.1) is 5.92 Å². The van der Waals surface area contributed by atoms with Gasteiger partial charge in [-0.2, -0.15) is 0 Å². The molecule has 0 spiro atoms. The minimum Gasteiger partial charge on any atom is -0.339 e. The molecule has 1 aromatic rings. The van der Waals surface area contributed by atoms with Crippen molar-refractivity contribution in [3.63, 3.8) is 0 Å². The molecule has 1 heterocycles. The molecule has 1 fully saturated rings. The van der Waals surface area contributed by atoms with E-state index >= 15 is 0 Å². The van der Waals surface area contributed by atoms with Crippen molar-refractivity contribution in [3.8, 4) is 0 Å².